The van der Waals surface area contributed by atoms with Gasteiger partial charge in [0.25, 0.3) is 5.91 Å². The van der Waals surface area contributed by atoms with E-state index in [-0.39, 0.29) is 11.7 Å². The van der Waals surface area contributed by atoms with Gasteiger partial charge in [0.05, 0.1) is 12.2 Å². The highest BCUT2D eigenvalue weighted by Gasteiger charge is 2.07. The summed E-state index contributed by atoms with van der Waals surface area (Å²) in [5.41, 5.74) is 1.22. The van der Waals surface area contributed by atoms with Gasteiger partial charge in [-0.25, -0.2) is 9.37 Å². The first-order chi connectivity index (χ1) is 10.6. The molecule has 4 nitrogen and oxygen atoms in total. The van der Waals surface area contributed by atoms with Crippen LogP contribution in [0.4, 0.5) is 10.2 Å². The van der Waals surface area contributed by atoms with E-state index in [2.05, 4.69) is 29.0 Å². The number of nitrogens with zero attached hydrogens (tertiary/aromatic N) is 2. The molecule has 1 N–H and O–H groups in total. The first-order valence-electron chi connectivity index (χ1n) is 7.38. The molecular weight excluding hydrogens is 281 g/mol. The molecule has 1 aromatic carbocycles. The van der Waals surface area contributed by atoms with Gasteiger partial charge in [-0.15, -0.1) is 0 Å². The van der Waals surface area contributed by atoms with Gasteiger partial charge in [-0.3, -0.25) is 4.79 Å². The molecule has 0 atom stereocenters. The van der Waals surface area contributed by atoms with Crippen LogP contribution in [0.25, 0.3) is 0 Å². The zero-order chi connectivity index (χ0) is 15.9. The summed E-state index contributed by atoms with van der Waals surface area (Å²) in [6.07, 6.45) is 0. The number of rotatable bonds is 6. The third-order valence-electron chi connectivity index (χ3n) is 3.42. The van der Waals surface area contributed by atoms with Crippen molar-refractivity contribution >= 4 is 11.7 Å². The van der Waals surface area contributed by atoms with Gasteiger partial charge in [0, 0.05) is 18.7 Å². The standard InChI is InChI=1S/C17H20FN3O/c1-3-21(4-2)16-7-5-6-15(20-16)12-19-17(22)13-8-10-14(18)11-9-13/h5-11H,3-4,12H2,1-2H3,(H,19,22). The summed E-state index contributed by atoms with van der Waals surface area (Å²) in [5.74, 6) is 0.304. The summed E-state index contributed by atoms with van der Waals surface area (Å²) in [6.45, 7) is 6.26. The van der Waals surface area contributed by atoms with Gasteiger partial charge in [0.2, 0.25) is 0 Å². The molecule has 0 saturated carbocycles. The number of anilines is 1. The first kappa shape index (κ1) is 15.9. The molecule has 5 heteroatoms. The van der Waals surface area contributed by atoms with Crippen LogP contribution in [0.5, 0.6) is 0 Å². The topological polar surface area (TPSA) is 45.2 Å². The monoisotopic (exact) mass is 301 g/mol. The van der Waals surface area contributed by atoms with E-state index < -0.39 is 0 Å². The van der Waals surface area contributed by atoms with E-state index in [1.54, 1.807) is 0 Å². The predicted molar refractivity (Wildman–Crippen MR) is 85.4 cm³/mol. The van der Waals surface area contributed by atoms with Gasteiger partial charge in [-0.1, -0.05) is 6.07 Å². The van der Waals surface area contributed by atoms with Crippen LogP contribution < -0.4 is 10.2 Å². The highest BCUT2D eigenvalue weighted by Crippen LogP contribution is 2.11. The summed E-state index contributed by atoms with van der Waals surface area (Å²) < 4.78 is 12.8. The van der Waals surface area contributed by atoms with Crippen LogP contribution in [0.2, 0.25) is 0 Å². The minimum Gasteiger partial charge on any atom is -0.357 e. The van der Waals surface area contributed by atoms with Crippen molar-refractivity contribution in [3.8, 4) is 0 Å². The van der Waals surface area contributed by atoms with Crippen LogP contribution in [-0.4, -0.2) is 24.0 Å². The zero-order valence-corrected chi connectivity index (χ0v) is 12.8. The number of carbonyl (C=O) groups excluding carboxylic acids is 1. The lowest BCUT2D eigenvalue weighted by atomic mass is 10.2. The number of hydrogen-bond donors (Lipinski definition) is 1. The molecule has 2 rings (SSSR count). The van der Waals surface area contributed by atoms with E-state index in [0.717, 1.165) is 24.6 Å². The molecule has 22 heavy (non-hydrogen) atoms. The fourth-order valence-electron chi connectivity index (χ4n) is 2.16. The molecular formula is C17H20FN3O. The second kappa shape index (κ2) is 7.54. The van der Waals surface area contributed by atoms with Gasteiger partial charge in [0.1, 0.15) is 11.6 Å². The number of aromatic nitrogens is 1. The smallest absolute Gasteiger partial charge is 0.251 e. The van der Waals surface area contributed by atoms with E-state index in [9.17, 15) is 9.18 Å². The summed E-state index contributed by atoms with van der Waals surface area (Å²) in [6, 6.07) is 11.2. The van der Waals surface area contributed by atoms with Crippen LogP contribution in [-0.2, 0) is 6.54 Å². The average molecular weight is 301 g/mol. The number of pyridine rings is 1. The summed E-state index contributed by atoms with van der Waals surface area (Å²) >= 11 is 0. The largest absolute Gasteiger partial charge is 0.357 e. The molecule has 0 aliphatic heterocycles. The lowest BCUT2D eigenvalue weighted by Gasteiger charge is -2.20. The molecule has 0 bridgehead atoms. The van der Waals surface area contributed by atoms with E-state index >= 15 is 0 Å². The van der Waals surface area contributed by atoms with Crippen molar-refractivity contribution in [3.05, 3.63) is 59.5 Å². The SMILES string of the molecule is CCN(CC)c1cccc(CNC(=O)c2ccc(F)cc2)n1. The molecule has 1 heterocycles. The third-order valence-corrected chi connectivity index (χ3v) is 3.42. The summed E-state index contributed by atoms with van der Waals surface area (Å²) in [7, 11) is 0. The van der Waals surface area contributed by atoms with Crippen molar-refractivity contribution in [1.29, 1.82) is 0 Å². The predicted octanol–water partition coefficient (Wildman–Crippen LogP) is 3.00. The molecule has 0 radical (unpaired) electrons. The zero-order valence-electron chi connectivity index (χ0n) is 12.8. The highest BCUT2D eigenvalue weighted by atomic mass is 19.1. The minimum atomic E-state index is -0.356. The maximum Gasteiger partial charge on any atom is 0.251 e. The third kappa shape index (κ3) is 4.04. The Morgan fingerprint density at radius 3 is 2.45 bits per heavy atom. The second-order valence-corrected chi connectivity index (χ2v) is 4.85. The molecule has 0 aliphatic carbocycles. The number of halogens is 1. The van der Waals surface area contributed by atoms with Crippen LogP contribution in [0.3, 0.4) is 0 Å². The van der Waals surface area contributed by atoms with E-state index in [1.165, 1.54) is 24.3 Å². The maximum absolute atomic E-state index is 12.8. The average Bonchev–Trinajstić information content (AvgIpc) is 2.55. The Balaban J connectivity index is 2.00. The van der Waals surface area contributed by atoms with Gasteiger partial charge in [-0.2, -0.15) is 0 Å². The molecule has 116 valence electrons. The Bertz CT molecular complexity index is 624. The van der Waals surface area contributed by atoms with E-state index in [0.29, 0.717) is 12.1 Å². The van der Waals surface area contributed by atoms with Crippen LogP contribution in [0.15, 0.2) is 42.5 Å². The quantitative estimate of drug-likeness (QED) is 0.892. The molecule has 1 amide bonds. The number of carbonyl (C=O) groups is 1. The Kier molecular flexibility index (Phi) is 5.47. The normalized spacial score (nSPS) is 10.3. The molecule has 0 aliphatic rings. The Labute approximate surface area is 130 Å². The van der Waals surface area contributed by atoms with Crippen molar-refractivity contribution in [2.45, 2.75) is 20.4 Å². The Morgan fingerprint density at radius 1 is 1.14 bits per heavy atom. The molecule has 0 fully saturated rings. The Morgan fingerprint density at radius 2 is 1.82 bits per heavy atom. The molecule has 0 spiro atoms. The molecule has 2 aromatic rings. The van der Waals surface area contributed by atoms with Gasteiger partial charge in [-0.05, 0) is 50.2 Å². The Hall–Kier alpha value is -2.43. The molecule has 1 aromatic heterocycles. The fraction of sp³-hybridized carbons (Fsp3) is 0.294. The summed E-state index contributed by atoms with van der Waals surface area (Å²) in [4.78, 5) is 18.7. The molecule has 0 unspecified atom stereocenters. The van der Waals surface area contributed by atoms with Crippen molar-refractivity contribution in [2.24, 2.45) is 0 Å². The first-order valence-corrected chi connectivity index (χ1v) is 7.38. The molecule has 0 saturated heterocycles. The minimum absolute atomic E-state index is 0.241. The van der Waals surface area contributed by atoms with Crippen molar-refractivity contribution in [3.63, 3.8) is 0 Å². The van der Waals surface area contributed by atoms with E-state index in [1.807, 2.05) is 18.2 Å². The highest BCUT2D eigenvalue weighted by molar-refractivity contribution is 5.94. The van der Waals surface area contributed by atoms with Gasteiger partial charge in [0.15, 0.2) is 0 Å². The van der Waals surface area contributed by atoms with Crippen molar-refractivity contribution in [2.75, 3.05) is 18.0 Å². The van der Waals surface area contributed by atoms with Gasteiger partial charge < -0.3 is 10.2 Å². The van der Waals surface area contributed by atoms with Crippen LogP contribution >= 0.6 is 0 Å². The van der Waals surface area contributed by atoms with Crippen LogP contribution in [0.1, 0.15) is 29.9 Å². The lowest BCUT2D eigenvalue weighted by molar-refractivity contribution is 0.0950. The fourth-order valence-corrected chi connectivity index (χ4v) is 2.16. The van der Waals surface area contributed by atoms with Crippen molar-refractivity contribution in [1.82, 2.24) is 10.3 Å². The number of benzene rings is 1. The maximum atomic E-state index is 12.8. The second-order valence-electron chi connectivity index (χ2n) is 4.85. The lowest BCUT2D eigenvalue weighted by Crippen LogP contribution is -2.25. The number of amides is 1. The summed E-state index contributed by atoms with van der Waals surface area (Å²) in [5, 5.41) is 2.79. The van der Waals surface area contributed by atoms with Gasteiger partial charge >= 0.3 is 0 Å². The number of nitrogens with one attached hydrogen (secondary N) is 1. The van der Waals surface area contributed by atoms with Crippen LogP contribution in [0, 0.1) is 5.82 Å². The van der Waals surface area contributed by atoms with Crippen molar-refractivity contribution < 1.29 is 9.18 Å². The number of hydrogen-bond acceptors (Lipinski definition) is 3. The van der Waals surface area contributed by atoms with E-state index in [4.69, 9.17) is 0 Å².